The topological polar surface area (TPSA) is 25.2 Å². The molecule has 2 aromatic rings. The molecule has 0 radical (unpaired) electrons. The highest BCUT2D eigenvalue weighted by Gasteiger charge is 2.23. The van der Waals surface area contributed by atoms with Crippen molar-refractivity contribution in [3.05, 3.63) is 36.0 Å². The number of benzene rings is 1. The van der Waals surface area contributed by atoms with Crippen molar-refractivity contribution >= 4 is 10.9 Å². The lowest BCUT2D eigenvalue weighted by Gasteiger charge is -2.16. The van der Waals surface area contributed by atoms with Gasteiger partial charge in [-0.3, -0.25) is 0 Å². The van der Waals surface area contributed by atoms with Gasteiger partial charge in [-0.15, -0.1) is 0 Å². The third kappa shape index (κ3) is 2.42. The van der Waals surface area contributed by atoms with Crippen LogP contribution in [0, 0.1) is 5.92 Å². The zero-order valence-electron chi connectivity index (χ0n) is 11.9. The van der Waals surface area contributed by atoms with Gasteiger partial charge in [0.2, 0.25) is 0 Å². The maximum atomic E-state index is 10.3. The predicted octanol–water partition coefficient (Wildman–Crippen LogP) is 4.06. The van der Waals surface area contributed by atoms with Crippen LogP contribution in [0.15, 0.2) is 30.5 Å². The second kappa shape index (κ2) is 4.68. The van der Waals surface area contributed by atoms with E-state index in [-0.39, 0.29) is 0 Å². The molecule has 1 N–H and O–H groups in total. The van der Waals surface area contributed by atoms with E-state index in [1.54, 1.807) is 0 Å². The van der Waals surface area contributed by atoms with Gasteiger partial charge in [-0.1, -0.05) is 31.0 Å². The molecule has 1 heterocycles. The smallest absolute Gasteiger partial charge is 0.0861 e. The maximum Gasteiger partial charge on any atom is 0.0861 e. The standard InChI is InChI=1S/C17H23NO/c1-17(2,19)15-12-18(11-13-7-3-4-8-13)16-10-6-5-9-14(15)16/h5-6,9-10,12-13,19H,3-4,7-8,11H2,1-2H3. The quantitative estimate of drug-likeness (QED) is 0.881. The molecule has 2 heteroatoms. The van der Waals surface area contributed by atoms with E-state index in [4.69, 9.17) is 0 Å². The number of aliphatic hydroxyl groups is 1. The first-order valence-corrected chi connectivity index (χ1v) is 7.36. The molecule has 1 fully saturated rings. The Morgan fingerprint density at radius 1 is 1.21 bits per heavy atom. The van der Waals surface area contributed by atoms with E-state index in [0.29, 0.717) is 0 Å². The van der Waals surface area contributed by atoms with Crippen LogP contribution in [0.3, 0.4) is 0 Å². The van der Waals surface area contributed by atoms with E-state index < -0.39 is 5.60 Å². The molecule has 0 unspecified atom stereocenters. The van der Waals surface area contributed by atoms with Crippen LogP contribution in [0.25, 0.3) is 10.9 Å². The first-order chi connectivity index (χ1) is 9.05. The molecule has 1 aromatic carbocycles. The second-order valence-electron chi connectivity index (χ2n) is 6.42. The summed E-state index contributed by atoms with van der Waals surface area (Å²) in [5, 5.41) is 11.5. The van der Waals surface area contributed by atoms with Gasteiger partial charge < -0.3 is 9.67 Å². The van der Waals surface area contributed by atoms with E-state index in [1.165, 1.54) is 36.6 Å². The van der Waals surface area contributed by atoms with E-state index >= 15 is 0 Å². The Hall–Kier alpha value is -1.28. The summed E-state index contributed by atoms with van der Waals surface area (Å²) in [6.45, 7) is 4.83. The fraction of sp³-hybridized carbons (Fsp3) is 0.529. The Morgan fingerprint density at radius 3 is 2.58 bits per heavy atom. The molecule has 0 atom stereocenters. The largest absolute Gasteiger partial charge is 0.386 e. The molecule has 1 saturated carbocycles. The Morgan fingerprint density at radius 2 is 1.89 bits per heavy atom. The monoisotopic (exact) mass is 257 g/mol. The minimum atomic E-state index is -0.777. The van der Waals surface area contributed by atoms with Gasteiger partial charge in [-0.05, 0) is 38.7 Å². The molecule has 0 amide bonds. The molecule has 2 nitrogen and oxygen atoms in total. The number of hydrogen-bond acceptors (Lipinski definition) is 1. The highest BCUT2D eigenvalue weighted by molar-refractivity contribution is 5.84. The fourth-order valence-corrected chi connectivity index (χ4v) is 3.36. The molecule has 0 bridgehead atoms. The Labute approximate surface area is 115 Å². The predicted molar refractivity (Wildman–Crippen MR) is 79.1 cm³/mol. The lowest BCUT2D eigenvalue weighted by atomic mass is 9.98. The van der Waals surface area contributed by atoms with Crippen molar-refractivity contribution in [3.63, 3.8) is 0 Å². The molecule has 0 spiro atoms. The summed E-state index contributed by atoms with van der Waals surface area (Å²) in [4.78, 5) is 0. The summed E-state index contributed by atoms with van der Waals surface area (Å²) in [6.07, 6.45) is 7.61. The van der Waals surface area contributed by atoms with Crippen LogP contribution in [0.2, 0.25) is 0 Å². The maximum absolute atomic E-state index is 10.3. The van der Waals surface area contributed by atoms with Gasteiger partial charge in [0, 0.05) is 29.2 Å². The van der Waals surface area contributed by atoms with Crippen molar-refractivity contribution in [3.8, 4) is 0 Å². The third-order valence-corrected chi connectivity index (χ3v) is 4.38. The van der Waals surface area contributed by atoms with Crippen LogP contribution < -0.4 is 0 Å². The van der Waals surface area contributed by atoms with E-state index in [0.717, 1.165) is 18.0 Å². The van der Waals surface area contributed by atoms with E-state index in [9.17, 15) is 5.11 Å². The SMILES string of the molecule is CC(C)(O)c1cn(CC2CCCC2)c2ccccc12. The summed E-state index contributed by atoms with van der Waals surface area (Å²) < 4.78 is 2.35. The molecule has 0 saturated heterocycles. The highest BCUT2D eigenvalue weighted by atomic mass is 16.3. The summed E-state index contributed by atoms with van der Waals surface area (Å²) in [7, 11) is 0. The van der Waals surface area contributed by atoms with Gasteiger partial charge in [-0.2, -0.15) is 0 Å². The van der Waals surface area contributed by atoms with Crippen LogP contribution in [0.1, 0.15) is 45.1 Å². The molecule has 19 heavy (non-hydrogen) atoms. The van der Waals surface area contributed by atoms with Crippen molar-refractivity contribution in [1.29, 1.82) is 0 Å². The average molecular weight is 257 g/mol. The molecule has 0 aliphatic heterocycles. The summed E-state index contributed by atoms with van der Waals surface area (Å²) in [5.41, 5.74) is 1.52. The van der Waals surface area contributed by atoms with E-state index in [2.05, 4.69) is 35.0 Å². The number of para-hydroxylation sites is 1. The van der Waals surface area contributed by atoms with E-state index in [1.807, 2.05) is 13.8 Å². The first kappa shape index (κ1) is 12.7. The van der Waals surface area contributed by atoms with Crippen LogP contribution in [0.4, 0.5) is 0 Å². The van der Waals surface area contributed by atoms with Crippen molar-refractivity contribution in [2.75, 3.05) is 0 Å². The minimum Gasteiger partial charge on any atom is -0.386 e. The lowest BCUT2D eigenvalue weighted by molar-refractivity contribution is 0.0799. The molecule has 1 aromatic heterocycles. The first-order valence-electron chi connectivity index (χ1n) is 7.36. The van der Waals surface area contributed by atoms with Gasteiger partial charge >= 0.3 is 0 Å². The van der Waals surface area contributed by atoms with Crippen molar-refractivity contribution in [2.45, 2.75) is 51.7 Å². The van der Waals surface area contributed by atoms with Gasteiger partial charge in [0.1, 0.15) is 0 Å². The van der Waals surface area contributed by atoms with Crippen LogP contribution in [0.5, 0.6) is 0 Å². The molecule has 1 aliphatic carbocycles. The van der Waals surface area contributed by atoms with Crippen LogP contribution in [-0.4, -0.2) is 9.67 Å². The number of fused-ring (bicyclic) bond motifs is 1. The summed E-state index contributed by atoms with van der Waals surface area (Å²) in [5.74, 6) is 0.811. The zero-order valence-corrected chi connectivity index (χ0v) is 11.9. The molecular weight excluding hydrogens is 234 g/mol. The summed E-state index contributed by atoms with van der Waals surface area (Å²) >= 11 is 0. The van der Waals surface area contributed by atoms with Crippen molar-refractivity contribution in [1.82, 2.24) is 4.57 Å². The van der Waals surface area contributed by atoms with Gasteiger partial charge in [-0.25, -0.2) is 0 Å². The van der Waals surface area contributed by atoms with Crippen LogP contribution >= 0.6 is 0 Å². The average Bonchev–Trinajstić information content (AvgIpc) is 2.97. The molecule has 3 rings (SSSR count). The fourth-order valence-electron chi connectivity index (χ4n) is 3.36. The normalized spacial score (nSPS) is 17.4. The molecule has 1 aliphatic rings. The van der Waals surface area contributed by atoms with Crippen molar-refractivity contribution < 1.29 is 5.11 Å². The number of hydrogen-bond donors (Lipinski definition) is 1. The summed E-state index contributed by atoms with van der Waals surface area (Å²) in [6, 6.07) is 8.42. The highest BCUT2D eigenvalue weighted by Crippen LogP contribution is 2.33. The third-order valence-electron chi connectivity index (χ3n) is 4.38. The van der Waals surface area contributed by atoms with Gasteiger partial charge in [0.15, 0.2) is 0 Å². The Kier molecular flexibility index (Phi) is 3.14. The zero-order chi connectivity index (χ0) is 13.5. The van der Waals surface area contributed by atoms with Crippen molar-refractivity contribution in [2.24, 2.45) is 5.92 Å². The second-order valence-corrected chi connectivity index (χ2v) is 6.42. The van der Waals surface area contributed by atoms with Gasteiger partial charge in [0.05, 0.1) is 5.60 Å². The van der Waals surface area contributed by atoms with Crippen LogP contribution in [-0.2, 0) is 12.1 Å². The minimum absolute atomic E-state index is 0.777. The molecular formula is C17H23NO. The number of aromatic nitrogens is 1. The number of rotatable bonds is 3. The molecule has 102 valence electrons. The Balaban J connectivity index is 2.04. The van der Waals surface area contributed by atoms with Gasteiger partial charge in [0.25, 0.3) is 0 Å². The number of nitrogens with zero attached hydrogens (tertiary/aromatic N) is 1. The lowest BCUT2D eigenvalue weighted by Crippen LogP contribution is -2.15. The Bertz CT molecular complexity index is 570.